The highest BCUT2D eigenvalue weighted by Gasteiger charge is 2.29. The average molecular weight is 295 g/mol. The maximum absolute atomic E-state index is 3.57. The minimum absolute atomic E-state index is 0.195. The van der Waals surface area contributed by atoms with Crippen LogP contribution in [0.2, 0.25) is 0 Å². The summed E-state index contributed by atoms with van der Waals surface area (Å²) >= 11 is 1.97. The van der Waals surface area contributed by atoms with Crippen LogP contribution < -0.4 is 5.32 Å². The molecule has 2 unspecified atom stereocenters. The molecule has 2 nitrogen and oxygen atoms in total. The molecule has 1 aliphatic rings. The van der Waals surface area contributed by atoms with E-state index in [2.05, 4.69) is 57.0 Å². The zero-order valence-electron chi connectivity index (χ0n) is 13.7. The minimum Gasteiger partial charge on any atom is -0.307 e. The first kappa shape index (κ1) is 16.0. The number of hydrogen-bond acceptors (Lipinski definition) is 3. The topological polar surface area (TPSA) is 15.3 Å². The average Bonchev–Trinajstić information content (AvgIpc) is 2.95. The number of rotatable bonds is 5. The Morgan fingerprint density at radius 1 is 1.25 bits per heavy atom. The SMILES string of the molecule is CCC1CCC(C)N1Cc1ccc(CNC(C)(C)C)s1. The zero-order chi connectivity index (χ0) is 14.8. The van der Waals surface area contributed by atoms with Gasteiger partial charge in [-0.25, -0.2) is 0 Å². The Hall–Kier alpha value is -0.380. The molecule has 1 N–H and O–H groups in total. The van der Waals surface area contributed by atoms with Crippen molar-refractivity contribution in [3.05, 3.63) is 21.9 Å². The molecule has 0 amide bonds. The van der Waals surface area contributed by atoms with E-state index in [1.807, 2.05) is 11.3 Å². The second-order valence-corrected chi connectivity index (χ2v) is 8.39. The Balaban J connectivity index is 1.92. The summed E-state index contributed by atoms with van der Waals surface area (Å²) in [6, 6.07) is 6.16. The zero-order valence-corrected chi connectivity index (χ0v) is 14.5. The number of nitrogens with one attached hydrogen (secondary N) is 1. The van der Waals surface area contributed by atoms with Crippen molar-refractivity contribution in [3.8, 4) is 0 Å². The van der Waals surface area contributed by atoms with Crippen LogP contribution in [0.1, 0.15) is 63.6 Å². The first-order valence-electron chi connectivity index (χ1n) is 7.97. The molecule has 0 aliphatic carbocycles. The predicted molar refractivity (Wildman–Crippen MR) is 89.2 cm³/mol. The monoisotopic (exact) mass is 294 g/mol. The van der Waals surface area contributed by atoms with Crippen molar-refractivity contribution in [2.24, 2.45) is 0 Å². The Bertz CT molecular complexity index is 419. The van der Waals surface area contributed by atoms with Gasteiger partial charge < -0.3 is 5.32 Å². The van der Waals surface area contributed by atoms with Crippen LogP contribution in [-0.4, -0.2) is 22.5 Å². The molecule has 114 valence electrons. The van der Waals surface area contributed by atoms with E-state index in [4.69, 9.17) is 0 Å². The van der Waals surface area contributed by atoms with Crippen molar-refractivity contribution in [2.45, 2.75) is 84.6 Å². The molecule has 2 atom stereocenters. The van der Waals surface area contributed by atoms with E-state index in [9.17, 15) is 0 Å². The Labute approximate surface area is 128 Å². The number of thiophene rings is 1. The fourth-order valence-electron chi connectivity index (χ4n) is 2.98. The van der Waals surface area contributed by atoms with Crippen LogP contribution in [0.3, 0.4) is 0 Å². The Morgan fingerprint density at radius 2 is 1.95 bits per heavy atom. The quantitative estimate of drug-likeness (QED) is 0.866. The van der Waals surface area contributed by atoms with E-state index in [1.54, 1.807) is 0 Å². The molecule has 0 saturated carbocycles. The van der Waals surface area contributed by atoms with Gasteiger partial charge in [0.15, 0.2) is 0 Å². The van der Waals surface area contributed by atoms with Gasteiger partial charge in [0.1, 0.15) is 0 Å². The highest BCUT2D eigenvalue weighted by atomic mass is 32.1. The lowest BCUT2D eigenvalue weighted by Crippen LogP contribution is -2.34. The standard InChI is InChI=1S/C17H30N2S/c1-6-14-8-7-13(2)19(14)12-16-10-9-15(20-16)11-18-17(3,4)5/h9-10,13-14,18H,6-8,11-12H2,1-5H3. The summed E-state index contributed by atoms with van der Waals surface area (Å²) in [7, 11) is 0. The summed E-state index contributed by atoms with van der Waals surface area (Å²) < 4.78 is 0. The molecule has 0 radical (unpaired) electrons. The molecule has 3 heteroatoms. The summed E-state index contributed by atoms with van der Waals surface area (Å²) in [6.07, 6.45) is 4.03. The van der Waals surface area contributed by atoms with Gasteiger partial charge in [0, 0.05) is 40.5 Å². The normalized spacial score (nSPS) is 24.4. The molecule has 1 saturated heterocycles. The fourth-order valence-corrected chi connectivity index (χ4v) is 3.95. The third-order valence-corrected chi connectivity index (χ3v) is 5.34. The highest BCUT2D eigenvalue weighted by molar-refractivity contribution is 7.11. The van der Waals surface area contributed by atoms with Crippen molar-refractivity contribution in [2.75, 3.05) is 0 Å². The Morgan fingerprint density at radius 3 is 2.60 bits per heavy atom. The van der Waals surface area contributed by atoms with E-state index in [1.165, 1.54) is 29.0 Å². The van der Waals surface area contributed by atoms with Gasteiger partial charge in [-0.1, -0.05) is 6.92 Å². The van der Waals surface area contributed by atoms with Gasteiger partial charge in [-0.3, -0.25) is 4.90 Å². The molecule has 0 bridgehead atoms. The predicted octanol–water partition coefficient (Wildman–Crippen LogP) is 4.40. The minimum atomic E-state index is 0.195. The van der Waals surface area contributed by atoms with Crippen molar-refractivity contribution in [1.29, 1.82) is 0 Å². The summed E-state index contributed by atoms with van der Waals surface area (Å²) in [6.45, 7) is 13.5. The first-order chi connectivity index (χ1) is 9.39. The molecule has 2 heterocycles. The summed E-state index contributed by atoms with van der Waals surface area (Å²) in [4.78, 5) is 5.67. The second-order valence-electron chi connectivity index (χ2n) is 7.13. The van der Waals surface area contributed by atoms with E-state index in [0.29, 0.717) is 0 Å². The van der Waals surface area contributed by atoms with Gasteiger partial charge in [-0.2, -0.15) is 0 Å². The van der Waals surface area contributed by atoms with E-state index < -0.39 is 0 Å². The molecule has 20 heavy (non-hydrogen) atoms. The van der Waals surface area contributed by atoms with Crippen LogP contribution in [0.5, 0.6) is 0 Å². The molecule has 1 aromatic rings. The molecule has 0 spiro atoms. The van der Waals surface area contributed by atoms with E-state index >= 15 is 0 Å². The number of likely N-dealkylation sites (tertiary alicyclic amines) is 1. The molecular formula is C17H30N2S. The van der Waals surface area contributed by atoms with E-state index in [0.717, 1.165) is 25.2 Å². The first-order valence-corrected chi connectivity index (χ1v) is 8.79. The smallest absolute Gasteiger partial charge is 0.0333 e. The lowest BCUT2D eigenvalue weighted by molar-refractivity contribution is 0.191. The molecule has 1 aromatic heterocycles. The van der Waals surface area contributed by atoms with Crippen LogP contribution in [0.25, 0.3) is 0 Å². The van der Waals surface area contributed by atoms with Gasteiger partial charge in [-0.15, -0.1) is 11.3 Å². The van der Waals surface area contributed by atoms with Crippen molar-refractivity contribution in [1.82, 2.24) is 10.2 Å². The van der Waals surface area contributed by atoms with Crippen LogP contribution in [-0.2, 0) is 13.1 Å². The van der Waals surface area contributed by atoms with Gasteiger partial charge in [0.05, 0.1) is 0 Å². The maximum atomic E-state index is 3.57. The lowest BCUT2D eigenvalue weighted by Gasteiger charge is -2.27. The van der Waals surface area contributed by atoms with Crippen LogP contribution in [0.15, 0.2) is 12.1 Å². The van der Waals surface area contributed by atoms with Crippen molar-refractivity contribution < 1.29 is 0 Å². The van der Waals surface area contributed by atoms with E-state index in [-0.39, 0.29) is 5.54 Å². The van der Waals surface area contributed by atoms with Crippen molar-refractivity contribution >= 4 is 11.3 Å². The van der Waals surface area contributed by atoms with Gasteiger partial charge in [0.25, 0.3) is 0 Å². The van der Waals surface area contributed by atoms with Gasteiger partial charge in [-0.05, 0) is 59.1 Å². The fraction of sp³-hybridized carbons (Fsp3) is 0.765. The van der Waals surface area contributed by atoms with Gasteiger partial charge in [0.2, 0.25) is 0 Å². The Kier molecular flexibility index (Phi) is 5.27. The highest BCUT2D eigenvalue weighted by Crippen LogP contribution is 2.29. The van der Waals surface area contributed by atoms with Crippen LogP contribution in [0, 0.1) is 0 Å². The molecule has 1 aliphatic heterocycles. The molecule has 1 fully saturated rings. The third kappa shape index (κ3) is 4.31. The second kappa shape index (κ2) is 6.59. The number of hydrogen-bond donors (Lipinski definition) is 1. The summed E-state index contributed by atoms with van der Waals surface area (Å²) in [5, 5.41) is 3.57. The lowest BCUT2D eigenvalue weighted by atomic mass is 10.1. The van der Waals surface area contributed by atoms with Crippen LogP contribution in [0.4, 0.5) is 0 Å². The summed E-state index contributed by atoms with van der Waals surface area (Å²) in [5.41, 5.74) is 0.195. The van der Waals surface area contributed by atoms with Crippen molar-refractivity contribution in [3.63, 3.8) is 0 Å². The van der Waals surface area contributed by atoms with Crippen LogP contribution >= 0.6 is 11.3 Å². The molecular weight excluding hydrogens is 264 g/mol. The molecule has 0 aromatic carbocycles. The number of nitrogens with zero attached hydrogens (tertiary/aromatic N) is 1. The summed E-state index contributed by atoms with van der Waals surface area (Å²) in [5.74, 6) is 0. The maximum Gasteiger partial charge on any atom is 0.0333 e. The molecule has 2 rings (SSSR count). The van der Waals surface area contributed by atoms with Gasteiger partial charge >= 0.3 is 0 Å². The third-order valence-electron chi connectivity index (χ3n) is 4.27. The largest absolute Gasteiger partial charge is 0.307 e.